The fourth-order valence-electron chi connectivity index (χ4n) is 3.89. The summed E-state index contributed by atoms with van der Waals surface area (Å²) in [5, 5.41) is 2.70. The van der Waals surface area contributed by atoms with E-state index in [0.29, 0.717) is 57.5 Å². The van der Waals surface area contributed by atoms with Crippen molar-refractivity contribution in [3.8, 4) is 10.6 Å². The second kappa shape index (κ2) is 9.89. The maximum Gasteiger partial charge on any atom is 0.273 e. The van der Waals surface area contributed by atoms with Crippen molar-refractivity contribution >= 4 is 23.2 Å². The molecular weight excluding hydrogens is 412 g/mol. The first-order valence-electron chi connectivity index (χ1n) is 10.9. The standard InChI is InChI=1S/C23H30N4O3S/c1-17(2)18-3-5-19(6-4-18)22-24-20(16-31-22)23(29)27-9-7-26(8-10-27)21(28)15-25-11-13-30-14-12-25/h3-6,16-17H,7-15H2,1-2H3. The van der Waals surface area contributed by atoms with E-state index < -0.39 is 0 Å². The van der Waals surface area contributed by atoms with Crippen LogP contribution in [0, 0.1) is 0 Å². The largest absolute Gasteiger partial charge is 0.379 e. The second-order valence-corrected chi connectivity index (χ2v) is 9.23. The molecule has 1 aromatic heterocycles. The van der Waals surface area contributed by atoms with Crippen LogP contribution in [0.1, 0.15) is 35.8 Å². The van der Waals surface area contributed by atoms with Gasteiger partial charge in [-0.2, -0.15) is 0 Å². The molecule has 2 amide bonds. The predicted octanol–water partition coefficient (Wildman–Crippen LogP) is 2.55. The lowest BCUT2D eigenvalue weighted by molar-refractivity contribution is -0.134. The van der Waals surface area contributed by atoms with Crippen molar-refractivity contribution in [2.45, 2.75) is 19.8 Å². The molecule has 0 radical (unpaired) electrons. The van der Waals surface area contributed by atoms with Gasteiger partial charge in [-0.05, 0) is 11.5 Å². The Morgan fingerprint density at radius 3 is 2.29 bits per heavy atom. The molecule has 2 saturated heterocycles. The third-order valence-corrected chi connectivity index (χ3v) is 6.82. The zero-order valence-corrected chi connectivity index (χ0v) is 19.1. The van der Waals surface area contributed by atoms with Crippen LogP contribution in [0.3, 0.4) is 0 Å². The van der Waals surface area contributed by atoms with Gasteiger partial charge >= 0.3 is 0 Å². The summed E-state index contributed by atoms with van der Waals surface area (Å²) in [4.78, 5) is 35.9. The van der Waals surface area contributed by atoms with Gasteiger partial charge in [0.15, 0.2) is 0 Å². The van der Waals surface area contributed by atoms with E-state index in [-0.39, 0.29) is 11.8 Å². The summed E-state index contributed by atoms with van der Waals surface area (Å²) in [6.45, 7) is 9.99. The molecule has 8 heteroatoms. The van der Waals surface area contributed by atoms with Crippen LogP contribution in [0.5, 0.6) is 0 Å². The van der Waals surface area contributed by atoms with Crippen molar-refractivity contribution in [1.82, 2.24) is 19.7 Å². The third kappa shape index (κ3) is 5.31. The minimum atomic E-state index is -0.0541. The number of ether oxygens (including phenoxy) is 1. The highest BCUT2D eigenvalue weighted by Crippen LogP contribution is 2.26. The van der Waals surface area contributed by atoms with Crippen molar-refractivity contribution in [3.05, 3.63) is 40.9 Å². The number of hydrogen-bond acceptors (Lipinski definition) is 6. The van der Waals surface area contributed by atoms with Crippen molar-refractivity contribution < 1.29 is 14.3 Å². The summed E-state index contributed by atoms with van der Waals surface area (Å²) in [5.74, 6) is 0.568. The van der Waals surface area contributed by atoms with E-state index in [1.807, 2.05) is 10.3 Å². The molecule has 0 aliphatic carbocycles. The van der Waals surface area contributed by atoms with E-state index in [2.05, 4.69) is 48.0 Å². The highest BCUT2D eigenvalue weighted by atomic mass is 32.1. The van der Waals surface area contributed by atoms with E-state index in [1.165, 1.54) is 16.9 Å². The number of morpholine rings is 1. The Kier molecular flexibility index (Phi) is 6.99. The predicted molar refractivity (Wildman–Crippen MR) is 121 cm³/mol. The number of thiazole rings is 1. The van der Waals surface area contributed by atoms with Gasteiger partial charge in [-0.25, -0.2) is 4.98 Å². The zero-order chi connectivity index (χ0) is 21.8. The van der Waals surface area contributed by atoms with E-state index in [0.717, 1.165) is 23.7 Å². The minimum Gasteiger partial charge on any atom is -0.379 e. The molecule has 3 heterocycles. The number of piperazine rings is 1. The molecule has 0 atom stereocenters. The lowest BCUT2D eigenvalue weighted by Gasteiger charge is -2.36. The summed E-state index contributed by atoms with van der Waals surface area (Å²) in [5.41, 5.74) is 2.81. The average molecular weight is 443 g/mol. The van der Waals surface area contributed by atoms with Gasteiger partial charge < -0.3 is 14.5 Å². The lowest BCUT2D eigenvalue weighted by Crippen LogP contribution is -2.53. The van der Waals surface area contributed by atoms with E-state index in [1.54, 1.807) is 4.90 Å². The van der Waals surface area contributed by atoms with Crippen LogP contribution in [0.2, 0.25) is 0 Å². The molecule has 2 aliphatic heterocycles. The lowest BCUT2D eigenvalue weighted by atomic mass is 10.0. The van der Waals surface area contributed by atoms with Crippen molar-refractivity contribution in [3.63, 3.8) is 0 Å². The van der Waals surface area contributed by atoms with Gasteiger partial charge in [-0.3, -0.25) is 14.5 Å². The summed E-state index contributed by atoms with van der Waals surface area (Å²) in [6, 6.07) is 8.38. The summed E-state index contributed by atoms with van der Waals surface area (Å²) >= 11 is 1.50. The molecular formula is C23H30N4O3S. The molecule has 0 bridgehead atoms. The molecule has 0 unspecified atom stereocenters. The number of benzene rings is 1. The van der Waals surface area contributed by atoms with Crippen molar-refractivity contribution in [2.24, 2.45) is 0 Å². The molecule has 2 fully saturated rings. The fraction of sp³-hybridized carbons (Fsp3) is 0.522. The first kappa shape index (κ1) is 21.9. The Morgan fingerprint density at radius 2 is 1.65 bits per heavy atom. The minimum absolute atomic E-state index is 0.0541. The SMILES string of the molecule is CC(C)c1ccc(-c2nc(C(=O)N3CCN(C(=O)CN4CCOCC4)CC3)cs2)cc1. The van der Waals surface area contributed by atoms with Gasteiger partial charge in [0, 0.05) is 50.2 Å². The number of hydrogen-bond donors (Lipinski definition) is 0. The molecule has 1 aromatic carbocycles. The second-order valence-electron chi connectivity index (χ2n) is 8.38. The molecule has 7 nitrogen and oxygen atoms in total. The highest BCUT2D eigenvalue weighted by molar-refractivity contribution is 7.13. The maximum atomic E-state index is 12.9. The number of rotatable bonds is 5. The third-order valence-electron chi connectivity index (χ3n) is 5.93. The quantitative estimate of drug-likeness (QED) is 0.712. The molecule has 31 heavy (non-hydrogen) atoms. The average Bonchev–Trinajstić information content (AvgIpc) is 3.30. The molecule has 166 valence electrons. The first-order chi connectivity index (χ1) is 15.0. The molecule has 0 saturated carbocycles. The van der Waals surface area contributed by atoms with Gasteiger partial charge in [0.2, 0.25) is 5.91 Å². The monoisotopic (exact) mass is 442 g/mol. The Balaban J connectivity index is 1.31. The van der Waals surface area contributed by atoms with Crippen LogP contribution in [-0.2, 0) is 9.53 Å². The highest BCUT2D eigenvalue weighted by Gasteiger charge is 2.27. The van der Waals surface area contributed by atoms with Crippen molar-refractivity contribution in [1.29, 1.82) is 0 Å². The van der Waals surface area contributed by atoms with Crippen LogP contribution in [0.4, 0.5) is 0 Å². The van der Waals surface area contributed by atoms with Crippen molar-refractivity contribution in [2.75, 3.05) is 59.0 Å². The molecule has 0 spiro atoms. The Morgan fingerprint density at radius 1 is 1.00 bits per heavy atom. The number of carbonyl (C=O) groups excluding carboxylic acids is 2. The van der Waals surface area contributed by atoms with E-state index >= 15 is 0 Å². The smallest absolute Gasteiger partial charge is 0.273 e. The summed E-state index contributed by atoms with van der Waals surface area (Å²) in [7, 11) is 0. The van der Waals surface area contributed by atoms with Gasteiger partial charge in [0.25, 0.3) is 5.91 Å². The molecule has 2 aliphatic rings. The number of carbonyl (C=O) groups is 2. The zero-order valence-electron chi connectivity index (χ0n) is 18.2. The molecule has 0 N–H and O–H groups in total. The summed E-state index contributed by atoms with van der Waals surface area (Å²) < 4.78 is 5.34. The first-order valence-corrected chi connectivity index (χ1v) is 11.8. The Hall–Kier alpha value is -2.29. The Labute approximate surface area is 187 Å². The topological polar surface area (TPSA) is 66.0 Å². The van der Waals surface area contributed by atoms with Gasteiger partial charge in [0.1, 0.15) is 10.7 Å². The van der Waals surface area contributed by atoms with Crippen LogP contribution in [0.25, 0.3) is 10.6 Å². The van der Waals surface area contributed by atoms with E-state index in [9.17, 15) is 9.59 Å². The normalized spacial score (nSPS) is 17.9. The fourth-order valence-corrected chi connectivity index (χ4v) is 4.69. The Bertz CT molecular complexity index is 898. The van der Waals surface area contributed by atoms with Crippen LogP contribution in [-0.4, -0.2) is 90.5 Å². The van der Waals surface area contributed by atoms with Gasteiger partial charge in [-0.1, -0.05) is 38.1 Å². The van der Waals surface area contributed by atoms with Crippen LogP contribution < -0.4 is 0 Å². The van der Waals surface area contributed by atoms with Gasteiger partial charge in [0.05, 0.1) is 19.8 Å². The molecule has 2 aromatic rings. The van der Waals surface area contributed by atoms with Gasteiger partial charge in [-0.15, -0.1) is 11.3 Å². The maximum absolute atomic E-state index is 12.9. The number of nitrogens with zero attached hydrogens (tertiary/aromatic N) is 4. The van der Waals surface area contributed by atoms with E-state index in [4.69, 9.17) is 4.74 Å². The van der Waals surface area contributed by atoms with Crippen LogP contribution in [0.15, 0.2) is 29.6 Å². The number of aromatic nitrogens is 1. The molecule has 4 rings (SSSR count). The summed E-state index contributed by atoms with van der Waals surface area (Å²) in [6.07, 6.45) is 0. The number of amides is 2. The van der Waals surface area contributed by atoms with Crippen LogP contribution >= 0.6 is 11.3 Å².